The minimum absolute atomic E-state index is 0.161. The molecule has 1 aliphatic heterocycles. The van der Waals surface area contributed by atoms with E-state index in [4.69, 9.17) is 14.6 Å². The molecule has 0 aromatic heterocycles. The summed E-state index contributed by atoms with van der Waals surface area (Å²) in [6.45, 7) is 5.35. The Hall–Kier alpha value is -2.74. The molecule has 0 bridgehead atoms. The van der Waals surface area contributed by atoms with E-state index < -0.39 is 12.6 Å². The van der Waals surface area contributed by atoms with Crippen molar-refractivity contribution in [3.05, 3.63) is 41.3 Å². The van der Waals surface area contributed by atoms with Crippen molar-refractivity contribution in [2.75, 3.05) is 19.8 Å². The summed E-state index contributed by atoms with van der Waals surface area (Å²) in [5, 5.41) is 8.36. The predicted octanol–water partition coefficient (Wildman–Crippen LogP) is 2.77. The third-order valence-electron chi connectivity index (χ3n) is 3.10. The lowest BCUT2D eigenvalue weighted by Crippen LogP contribution is -2.27. The number of benzene rings is 1. The fourth-order valence-corrected chi connectivity index (χ4v) is 2.93. The number of thioether (sulfide) groups is 1. The molecule has 0 atom stereocenters. The molecule has 132 valence electrons. The highest BCUT2D eigenvalue weighted by atomic mass is 32.2. The summed E-state index contributed by atoms with van der Waals surface area (Å²) < 4.78 is 10.6. The molecular formula is C17H17NO6S. The second kappa shape index (κ2) is 8.39. The number of carbonyl (C=O) groups is 3. The van der Waals surface area contributed by atoms with Crippen molar-refractivity contribution >= 4 is 35.0 Å². The van der Waals surface area contributed by atoms with Gasteiger partial charge in [-0.15, -0.1) is 6.58 Å². The standard InChI is InChI=1S/C17H17NO6S/c1-3-7-18-16(21)14(25-17(18)22)9-11-5-6-12(24-10-15(19)20)13(8-11)23-4-2/h3,5-6,8-9H,1,4,7,10H2,2H3,(H,19,20)/b14-9+. The number of aliphatic carboxylic acids is 1. The number of imide groups is 1. The number of hydrogen-bond donors (Lipinski definition) is 1. The van der Waals surface area contributed by atoms with Crippen molar-refractivity contribution in [1.82, 2.24) is 4.90 Å². The summed E-state index contributed by atoms with van der Waals surface area (Å²) in [6, 6.07) is 4.84. The van der Waals surface area contributed by atoms with Crippen LogP contribution >= 0.6 is 11.8 Å². The average molecular weight is 363 g/mol. The van der Waals surface area contributed by atoms with Crippen LogP contribution in [0.15, 0.2) is 35.8 Å². The second-order valence-corrected chi connectivity index (χ2v) is 5.90. The summed E-state index contributed by atoms with van der Waals surface area (Å²) in [7, 11) is 0. The highest BCUT2D eigenvalue weighted by Crippen LogP contribution is 2.34. The summed E-state index contributed by atoms with van der Waals surface area (Å²) in [4.78, 5) is 36.1. The van der Waals surface area contributed by atoms with Gasteiger partial charge in [-0.1, -0.05) is 12.1 Å². The molecule has 7 nitrogen and oxygen atoms in total. The van der Waals surface area contributed by atoms with Crippen LogP contribution in [0.25, 0.3) is 6.08 Å². The molecule has 0 spiro atoms. The number of carboxylic acid groups (broad SMARTS) is 1. The topological polar surface area (TPSA) is 93.1 Å². The van der Waals surface area contributed by atoms with E-state index in [9.17, 15) is 14.4 Å². The fourth-order valence-electron chi connectivity index (χ4n) is 2.08. The normalized spacial score (nSPS) is 15.6. The Morgan fingerprint density at radius 2 is 2.08 bits per heavy atom. The summed E-state index contributed by atoms with van der Waals surface area (Å²) in [5.41, 5.74) is 0.634. The Kier molecular flexibility index (Phi) is 6.24. The van der Waals surface area contributed by atoms with Crippen molar-refractivity contribution in [3.63, 3.8) is 0 Å². The van der Waals surface area contributed by atoms with Gasteiger partial charge in [-0.05, 0) is 42.5 Å². The van der Waals surface area contributed by atoms with Crippen LogP contribution < -0.4 is 9.47 Å². The third kappa shape index (κ3) is 4.63. The van der Waals surface area contributed by atoms with Crippen LogP contribution in [-0.4, -0.2) is 46.9 Å². The van der Waals surface area contributed by atoms with Crippen LogP contribution in [-0.2, 0) is 9.59 Å². The Morgan fingerprint density at radius 1 is 1.32 bits per heavy atom. The molecule has 2 amide bonds. The van der Waals surface area contributed by atoms with E-state index in [-0.39, 0.29) is 17.7 Å². The number of carboxylic acids is 1. The molecule has 1 aliphatic rings. The number of nitrogens with zero attached hydrogens (tertiary/aromatic N) is 1. The lowest BCUT2D eigenvalue weighted by atomic mass is 10.2. The largest absolute Gasteiger partial charge is 0.490 e. The quantitative estimate of drug-likeness (QED) is 0.561. The van der Waals surface area contributed by atoms with E-state index in [2.05, 4.69) is 6.58 Å². The smallest absolute Gasteiger partial charge is 0.341 e. The van der Waals surface area contributed by atoms with E-state index in [1.807, 2.05) is 0 Å². The zero-order valence-electron chi connectivity index (χ0n) is 13.6. The molecule has 1 fully saturated rings. The van der Waals surface area contributed by atoms with E-state index in [0.717, 1.165) is 16.7 Å². The first-order valence-corrected chi connectivity index (χ1v) is 8.25. The maximum atomic E-state index is 12.2. The monoisotopic (exact) mass is 363 g/mol. The average Bonchev–Trinajstić information content (AvgIpc) is 2.82. The number of ether oxygens (including phenoxy) is 2. The highest BCUT2D eigenvalue weighted by Gasteiger charge is 2.34. The summed E-state index contributed by atoms with van der Waals surface area (Å²) in [6.07, 6.45) is 3.07. The lowest BCUT2D eigenvalue weighted by Gasteiger charge is -2.11. The minimum Gasteiger partial charge on any atom is -0.490 e. The molecule has 2 rings (SSSR count). The molecule has 0 unspecified atom stereocenters. The molecule has 1 aromatic carbocycles. The molecule has 25 heavy (non-hydrogen) atoms. The van der Waals surface area contributed by atoms with Crippen molar-refractivity contribution in [2.45, 2.75) is 6.92 Å². The minimum atomic E-state index is -1.09. The molecule has 0 aliphatic carbocycles. The van der Waals surface area contributed by atoms with E-state index in [1.165, 1.54) is 6.08 Å². The molecule has 0 saturated carbocycles. The first-order valence-electron chi connectivity index (χ1n) is 7.44. The van der Waals surface area contributed by atoms with Crippen molar-refractivity contribution in [3.8, 4) is 11.5 Å². The fraction of sp³-hybridized carbons (Fsp3) is 0.235. The van der Waals surface area contributed by atoms with Gasteiger partial charge in [0.25, 0.3) is 11.1 Å². The Morgan fingerprint density at radius 3 is 2.72 bits per heavy atom. The van der Waals surface area contributed by atoms with Crippen molar-refractivity contribution in [2.24, 2.45) is 0 Å². The van der Waals surface area contributed by atoms with Gasteiger partial charge in [0.2, 0.25) is 0 Å². The SMILES string of the molecule is C=CCN1C(=O)S/C(=C/c2ccc(OCC(=O)O)c(OCC)c2)C1=O. The summed E-state index contributed by atoms with van der Waals surface area (Å²) in [5.74, 6) is -0.814. The maximum absolute atomic E-state index is 12.2. The van der Waals surface area contributed by atoms with Crippen LogP contribution in [0.2, 0.25) is 0 Å². The van der Waals surface area contributed by atoms with Crippen LogP contribution in [0.5, 0.6) is 11.5 Å². The molecule has 8 heteroatoms. The number of amides is 2. The maximum Gasteiger partial charge on any atom is 0.341 e. The van der Waals surface area contributed by atoms with Crippen LogP contribution in [0.1, 0.15) is 12.5 Å². The highest BCUT2D eigenvalue weighted by molar-refractivity contribution is 8.18. The molecule has 1 saturated heterocycles. The Balaban J connectivity index is 2.26. The third-order valence-corrected chi connectivity index (χ3v) is 4.01. The first-order chi connectivity index (χ1) is 12.0. The van der Waals surface area contributed by atoms with Crippen molar-refractivity contribution < 1.29 is 29.0 Å². The summed E-state index contributed by atoms with van der Waals surface area (Å²) >= 11 is 0.855. The molecule has 1 aromatic rings. The Labute approximate surface area is 148 Å². The zero-order chi connectivity index (χ0) is 18.4. The van der Waals surface area contributed by atoms with Gasteiger partial charge < -0.3 is 14.6 Å². The van der Waals surface area contributed by atoms with E-state index >= 15 is 0 Å². The van der Waals surface area contributed by atoms with Gasteiger partial charge in [-0.25, -0.2) is 4.79 Å². The number of rotatable bonds is 8. The van der Waals surface area contributed by atoms with Crippen molar-refractivity contribution in [1.29, 1.82) is 0 Å². The van der Waals surface area contributed by atoms with E-state index in [0.29, 0.717) is 28.6 Å². The molecular weight excluding hydrogens is 346 g/mol. The van der Waals surface area contributed by atoms with E-state index in [1.54, 1.807) is 31.2 Å². The Bertz CT molecular complexity index is 743. The van der Waals surface area contributed by atoms with Gasteiger partial charge in [-0.3, -0.25) is 14.5 Å². The van der Waals surface area contributed by atoms with Crippen LogP contribution in [0.3, 0.4) is 0 Å². The number of carbonyl (C=O) groups excluding carboxylic acids is 2. The van der Waals surface area contributed by atoms with Gasteiger partial charge in [0.15, 0.2) is 18.1 Å². The lowest BCUT2D eigenvalue weighted by molar-refractivity contribution is -0.139. The van der Waals surface area contributed by atoms with Crippen LogP contribution in [0, 0.1) is 0 Å². The van der Waals surface area contributed by atoms with Gasteiger partial charge in [0.1, 0.15) is 0 Å². The molecule has 1 N–H and O–H groups in total. The molecule has 0 radical (unpaired) electrons. The second-order valence-electron chi connectivity index (χ2n) is 4.90. The number of hydrogen-bond acceptors (Lipinski definition) is 6. The molecule has 1 heterocycles. The van der Waals surface area contributed by atoms with Gasteiger partial charge in [0, 0.05) is 6.54 Å². The zero-order valence-corrected chi connectivity index (χ0v) is 14.4. The van der Waals surface area contributed by atoms with Crippen LogP contribution in [0.4, 0.5) is 4.79 Å². The van der Waals surface area contributed by atoms with Gasteiger partial charge in [-0.2, -0.15) is 0 Å². The first kappa shape index (κ1) is 18.6. The predicted molar refractivity (Wildman–Crippen MR) is 93.6 cm³/mol. The van der Waals surface area contributed by atoms with Gasteiger partial charge in [0.05, 0.1) is 11.5 Å². The van der Waals surface area contributed by atoms with Gasteiger partial charge >= 0.3 is 5.97 Å².